The Morgan fingerprint density at radius 1 is 0.955 bits per heavy atom. The summed E-state index contributed by atoms with van der Waals surface area (Å²) in [6.45, 7) is 2.28. The summed E-state index contributed by atoms with van der Waals surface area (Å²) in [6.07, 6.45) is 3.66. The molecule has 1 nitrogen and oxygen atoms in total. The van der Waals surface area contributed by atoms with Crippen LogP contribution in [0.15, 0.2) is 60.0 Å². The van der Waals surface area contributed by atoms with E-state index < -0.39 is 0 Å². The maximum Gasteiger partial charge on any atom is 0.00794 e. The van der Waals surface area contributed by atoms with Gasteiger partial charge in [-0.1, -0.05) is 61.9 Å². The van der Waals surface area contributed by atoms with E-state index in [2.05, 4.69) is 72.6 Å². The Labute approximate surface area is 137 Å². The molecule has 0 amide bonds. The number of rotatable bonds is 5. The number of nitrogens with two attached hydrogens (primary N) is 1. The molecule has 3 rings (SSSR count). The number of thiophene rings is 1. The molecule has 1 heterocycles. The minimum absolute atomic E-state index is 0.658. The van der Waals surface area contributed by atoms with Crippen molar-refractivity contribution >= 4 is 22.1 Å². The van der Waals surface area contributed by atoms with Crippen molar-refractivity contribution < 1.29 is 0 Å². The van der Waals surface area contributed by atoms with E-state index in [1.807, 2.05) is 11.3 Å². The van der Waals surface area contributed by atoms with Crippen LogP contribution < -0.4 is 5.73 Å². The highest BCUT2D eigenvalue weighted by molar-refractivity contribution is 7.10. The fraction of sp³-hybridized carbons (Fsp3) is 0.300. The van der Waals surface area contributed by atoms with Gasteiger partial charge in [0.05, 0.1) is 0 Å². The van der Waals surface area contributed by atoms with E-state index in [0.717, 1.165) is 6.42 Å². The molecule has 0 bridgehead atoms. The van der Waals surface area contributed by atoms with Crippen LogP contribution in [0.4, 0.5) is 0 Å². The van der Waals surface area contributed by atoms with Crippen molar-refractivity contribution in [2.24, 2.45) is 5.73 Å². The number of benzene rings is 2. The molecule has 0 fully saturated rings. The van der Waals surface area contributed by atoms with E-state index in [9.17, 15) is 0 Å². The van der Waals surface area contributed by atoms with Crippen molar-refractivity contribution in [2.75, 3.05) is 7.05 Å². The Morgan fingerprint density at radius 3 is 2.45 bits per heavy atom. The fourth-order valence-electron chi connectivity index (χ4n) is 2.95. The summed E-state index contributed by atoms with van der Waals surface area (Å²) in [4.78, 5) is 1.53. The molecular formula is C20H25NS. The van der Waals surface area contributed by atoms with Crippen LogP contribution in [-0.4, -0.2) is 7.05 Å². The summed E-state index contributed by atoms with van der Waals surface area (Å²) >= 11 is 1.90. The van der Waals surface area contributed by atoms with Crippen molar-refractivity contribution in [1.82, 2.24) is 0 Å². The van der Waals surface area contributed by atoms with E-state index in [1.54, 1.807) is 0 Å². The molecule has 0 saturated heterocycles. The smallest absolute Gasteiger partial charge is 0.00794 e. The second-order valence-electron chi connectivity index (χ2n) is 5.34. The zero-order chi connectivity index (χ0) is 15.8. The molecule has 0 spiro atoms. The Kier molecular flexibility index (Phi) is 6.63. The normalized spacial score (nSPS) is 11.8. The molecule has 2 N–H and O–H groups in total. The van der Waals surface area contributed by atoms with Gasteiger partial charge < -0.3 is 5.73 Å². The third-order valence-electron chi connectivity index (χ3n) is 3.93. The minimum atomic E-state index is 0.658. The zero-order valence-corrected chi connectivity index (χ0v) is 14.3. The highest BCUT2D eigenvalue weighted by Gasteiger charge is 2.13. The van der Waals surface area contributed by atoms with E-state index in [0.29, 0.717) is 5.92 Å². The first-order chi connectivity index (χ1) is 10.9. The average Bonchev–Trinajstić information content (AvgIpc) is 3.11. The molecule has 1 atom stereocenters. The zero-order valence-electron chi connectivity index (χ0n) is 13.5. The van der Waals surface area contributed by atoms with Crippen molar-refractivity contribution in [3.63, 3.8) is 0 Å². The Bertz CT molecular complexity index is 668. The molecule has 22 heavy (non-hydrogen) atoms. The molecule has 0 aliphatic carbocycles. The largest absolute Gasteiger partial charge is 0.333 e. The second-order valence-corrected chi connectivity index (χ2v) is 6.32. The Morgan fingerprint density at radius 2 is 1.73 bits per heavy atom. The van der Waals surface area contributed by atoms with Gasteiger partial charge in [-0.2, -0.15) is 0 Å². The van der Waals surface area contributed by atoms with Crippen LogP contribution in [0.2, 0.25) is 0 Å². The third-order valence-corrected chi connectivity index (χ3v) is 4.96. The predicted molar refractivity (Wildman–Crippen MR) is 99.7 cm³/mol. The lowest BCUT2D eigenvalue weighted by molar-refractivity contribution is 0.621. The molecule has 0 aliphatic heterocycles. The van der Waals surface area contributed by atoms with E-state index in [4.69, 9.17) is 0 Å². The molecule has 0 aliphatic rings. The first kappa shape index (κ1) is 16.7. The summed E-state index contributed by atoms with van der Waals surface area (Å²) in [5.41, 5.74) is 5.98. The lowest BCUT2D eigenvalue weighted by Gasteiger charge is -2.16. The van der Waals surface area contributed by atoms with Gasteiger partial charge in [-0.05, 0) is 53.6 Å². The van der Waals surface area contributed by atoms with E-state index >= 15 is 0 Å². The topological polar surface area (TPSA) is 26.0 Å². The molecule has 2 heteroatoms. The van der Waals surface area contributed by atoms with Gasteiger partial charge in [0.2, 0.25) is 0 Å². The highest BCUT2D eigenvalue weighted by Crippen LogP contribution is 2.31. The Hall–Kier alpha value is -1.64. The van der Waals surface area contributed by atoms with Crippen LogP contribution >= 0.6 is 11.3 Å². The van der Waals surface area contributed by atoms with Gasteiger partial charge in [0, 0.05) is 4.88 Å². The van der Waals surface area contributed by atoms with Gasteiger partial charge in [0.1, 0.15) is 0 Å². The number of hydrogen-bond donors (Lipinski definition) is 1. The molecular weight excluding hydrogens is 286 g/mol. The molecule has 0 radical (unpaired) electrons. The van der Waals surface area contributed by atoms with Crippen LogP contribution in [0.3, 0.4) is 0 Å². The lowest BCUT2D eigenvalue weighted by atomic mass is 9.91. The monoisotopic (exact) mass is 311 g/mol. The maximum atomic E-state index is 4.50. The Balaban J connectivity index is 0.000000847. The van der Waals surface area contributed by atoms with Crippen LogP contribution in [0, 0.1) is 0 Å². The van der Waals surface area contributed by atoms with Crippen molar-refractivity contribution in [2.45, 2.75) is 32.1 Å². The van der Waals surface area contributed by atoms with Crippen LogP contribution in [0.1, 0.15) is 36.1 Å². The van der Waals surface area contributed by atoms with Gasteiger partial charge in [0.25, 0.3) is 0 Å². The van der Waals surface area contributed by atoms with Gasteiger partial charge in [-0.25, -0.2) is 0 Å². The predicted octanol–water partition coefficient (Wildman–Crippen LogP) is 5.60. The SMILES string of the molecule is CCCC(Cc1cccc2ccccc12)c1cccs1.CN. The molecule has 0 saturated carbocycles. The quantitative estimate of drug-likeness (QED) is 0.652. The van der Waals surface area contributed by atoms with Gasteiger partial charge in [-0.15, -0.1) is 11.3 Å². The van der Waals surface area contributed by atoms with Gasteiger partial charge in [0.15, 0.2) is 0 Å². The number of fused-ring (bicyclic) bond motifs is 1. The van der Waals surface area contributed by atoms with Crippen molar-refractivity contribution in [3.8, 4) is 0 Å². The molecule has 2 aromatic carbocycles. The molecule has 1 unspecified atom stereocenters. The second kappa shape index (κ2) is 8.72. The summed E-state index contributed by atoms with van der Waals surface area (Å²) in [5, 5.41) is 4.96. The minimum Gasteiger partial charge on any atom is -0.333 e. The average molecular weight is 311 g/mol. The summed E-state index contributed by atoms with van der Waals surface area (Å²) in [5.74, 6) is 0.658. The lowest BCUT2D eigenvalue weighted by Crippen LogP contribution is -2.01. The highest BCUT2D eigenvalue weighted by atomic mass is 32.1. The maximum absolute atomic E-state index is 4.50. The first-order valence-corrected chi connectivity index (χ1v) is 8.84. The standard InChI is InChI=1S/C19H20S.CH5N/c1-2-7-17(19-12-6-13-20-19)14-16-10-5-9-15-8-3-4-11-18(15)16;1-2/h3-6,8-13,17H,2,7,14H2,1H3;2H2,1H3. The van der Waals surface area contributed by atoms with Gasteiger partial charge >= 0.3 is 0 Å². The van der Waals surface area contributed by atoms with Crippen molar-refractivity contribution in [1.29, 1.82) is 0 Å². The summed E-state index contributed by atoms with van der Waals surface area (Å²) in [6, 6.07) is 19.9. The van der Waals surface area contributed by atoms with Crippen molar-refractivity contribution in [3.05, 3.63) is 70.4 Å². The molecule has 1 aromatic heterocycles. The first-order valence-electron chi connectivity index (χ1n) is 7.96. The number of hydrogen-bond acceptors (Lipinski definition) is 2. The summed E-state index contributed by atoms with van der Waals surface area (Å²) in [7, 11) is 1.50. The van der Waals surface area contributed by atoms with E-state index in [1.165, 1.54) is 41.1 Å². The van der Waals surface area contributed by atoms with Gasteiger partial charge in [-0.3, -0.25) is 0 Å². The fourth-order valence-corrected chi connectivity index (χ4v) is 3.82. The molecule has 116 valence electrons. The van der Waals surface area contributed by atoms with Crippen LogP contribution in [-0.2, 0) is 6.42 Å². The third kappa shape index (κ3) is 3.96. The summed E-state index contributed by atoms with van der Waals surface area (Å²) < 4.78 is 0. The van der Waals surface area contributed by atoms with Crippen LogP contribution in [0.25, 0.3) is 10.8 Å². The van der Waals surface area contributed by atoms with E-state index in [-0.39, 0.29) is 0 Å². The molecule has 3 aromatic rings. The van der Waals surface area contributed by atoms with Crippen LogP contribution in [0.5, 0.6) is 0 Å².